The lowest BCUT2D eigenvalue weighted by Gasteiger charge is -1.98. The van der Waals surface area contributed by atoms with E-state index in [9.17, 15) is 4.39 Å². The Kier molecular flexibility index (Phi) is 1.37. The fourth-order valence-corrected chi connectivity index (χ4v) is 0.493. The monoisotopic (exact) mass is 143 g/mol. The zero-order valence-electron chi connectivity index (χ0n) is 4.80. The summed E-state index contributed by atoms with van der Waals surface area (Å²) in [4.78, 5) is 0. The molecule has 10 heavy (non-hydrogen) atoms. The third-order valence-corrected chi connectivity index (χ3v) is 1.00. The lowest BCUT2D eigenvalue weighted by Crippen LogP contribution is -1.77. The van der Waals surface area contributed by atoms with E-state index in [-0.39, 0.29) is 0 Å². The molecule has 0 aromatic heterocycles. The molecule has 0 heterocycles. The standard InChI is InChI=1S/C6H4FO3/c7-5-3(8)1-2-4(9)6(5)10/h2,8-10H. The van der Waals surface area contributed by atoms with Gasteiger partial charge in [-0.15, -0.1) is 0 Å². The molecule has 3 N–H and O–H groups in total. The molecule has 0 amide bonds. The molecule has 0 aliphatic heterocycles. The van der Waals surface area contributed by atoms with Crippen LogP contribution in [0, 0.1) is 11.9 Å². The van der Waals surface area contributed by atoms with E-state index in [0.29, 0.717) is 0 Å². The maximum atomic E-state index is 12.3. The molecule has 0 saturated heterocycles. The number of hydrogen-bond acceptors (Lipinski definition) is 3. The molecule has 0 aliphatic carbocycles. The topological polar surface area (TPSA) is 60.7 Å². The third-order valence-electron chi connectivity index (χ3n) is 1.00. The van der Waals surface area contributed by atoms with Gasteiger partial charge in [-0.05, 0) is 6.07 Å². The van der Waals surface area contributed by atoms with E-state index >= 15 is 0 Å². The summed E-state index contributed by atoms with van der Waals surface area (Å²) in [5.74, 6) is -3.68. The second kappa shape index (κ2) is 2.06. The van der Waals surface area contributed by atoms with Gasteiger partial charge in [-0.2, -0.15) is 4.39 Å². The second-order valence-electron chi connectivity index (χ2n) is 1.69. The van der Waals surface area contributed by atoms with Crippen LogP contribution in [0.4, 0.5) is 4.39 Å². The molecule has 4 heteroatoms. The Balaban J connectivity index is 3.34. The molecule has 1 radical (unpaired) electrons. The van der Waals surface area contributed by atoms with Crippen molar-refractivity contribution in [2.75, 3.05) is 0 Å². The van der Waals surface area contributed by atoms with Crippen molar-refractivity contribution in [3.05, 3.63) is 17.9 Å². The molecule has 0 fully saturated rings. The summed E-state index contributed by atoms with van der Waals surface area (Å²) in [6, 6.07) is 2.85. The van der Waals surface area contributed by atoms with E-state index in [2.05, 4.69) is 0 Å². The van der Waals surface area contributed by atoms with Crippen LogP contribution in [0.1, 0.15) is 0 Å². The minimum Gasteiger partial charge on any atom is -0.504 e. The Labute approximate surface area is 56.0 Å². The minimum absolute atomic E-state index is 0.643. The highest BCUT2D eigenvalue weighted by Crippen LogP contribution is 2.32. The first-order valence-corrected chi connectivity index (χ1v) is 2.44. The van der Waals surface area contributed by atoms with Crippen LogP contribution in [0.15, 0.2) is 6.07 Å². The van der Waals surface area contributed by atoms with Gasteiger partial charge in [-0.3, -0.25) is 0 Å². The first kappa shape index (κ1) is 6.67. The van der Waals surface area contributed by atoms with Crippen molar-refractivity contribution in [2.24, 2.45) is 0 Å². The molecule has 0 atom stereocenters. The lowest BCUT2D eigenvalue weighted by molar-refractivity contribution is 0.357. The van der Waals surface area contributed by atoms with Crippen molar-refractivity contribution in [2.45, 2.75) is 0 Å². The molecular weight excluding hydrogens is 139 g/mol. The summed E-state index contributed by atoms with van der Waals surface area (Å²) in [6.07, 6.45) is 0. The Morgan fingerprint density at radius 1 is 1.30 bits per heavy atom. The summed E-state index contributed by atoms with van der Waals surface area (Å²) in [5, 5.41) is 25.7. The predicted octanol–water partition coefficient (Wildman–Crippen LogP) is 0.743. The Morgan fingerprint density at radius 2 is 1.90 bits per heavy atom. The number of halogens is 1. The smallest absolute Gasteiger partial charge is 0.210 e. The van der Waals surface area contributed by atoms with E-state index in [1.807, 2.05) is 6.07 Å². The molecule has 1 aromatic rings. The Hall–Kier alpha value is -1.45. The maximum Gasteiger partial charge on any atom is 0.210 e. The minimum atomic E-state index is -1.26. The van der Waals surface area contributed by atoms with Gasteiger partial charge in [0, 0.05) is 6.07 Å². The van der Waals surface area contributed by atoms with Crippen molar-refractivity contribution in [3.63, 3.8) is 0 Å². The number of hydrogen-bond donors (Lipinski definition) is 3. The zero-order chi connectivity index (χ0) is 7.72. The molecule has 53 valence electrons. The average Bonchev–Trinajstić information content (AvgIpc) is 1.93. The molecule has 0 bridgehead atoms. The van der Waals surface area contributed by atoms with E-state index in [0.717, 1.165) is 6.07 Å². The molecule has 0 spiro atoms. The average molecular weight is 143 g/mol. The van der Waals surface area contributed by atoms with Gasteiger partial charge in [-0.25, -0.2) is 0 Å². The van der Waals surface area contributed by atoms with Gasteiger partial charge in [0.2, 0.25) is 5.82 Å². The molecule has 1 aromatic carbocycles. The van der Waals surface area contributed by atoms with Gasteiger partial charge in [0.05, 0.1) is 0 Å². The van der Waals surface area contributed by atoms with E-state index in [1.165, 1.54) is 0 Å². The SMILES string of the molecule is Oc1[c]cc(O)c(O)c1F. The summed E-state index contributed by atoms with van der Waals surface area (Å²) in [6.45, 7) is 0. The van der Waals surface area contributed by atoms with E-state index in [1.54, 1.807) is 0 Å². The lowest BCUT2D eigenvalue weighted by atomic mass is 10.3. The first-order valence-electron chi connectivity index (χ1n) is 2.44. The highest BCUT2D eigenvalue weighted by atomic mass is 19.1. The van der Waals surface area contributed by atoms with Crippen LogP contribution < -0.4 is 0 Å². The Morgan fingerprint density at radius 3 is 2.40 bits per heavy atom. The number of phenolic OH excluding ortho intramolecular Hbond substituents is 3. The van der Waals surface area contributed by atoms with Gasteiger partial charge >= 0.3 is 0 Å². The van der Waals surface area contributed by atoms with Crippen molar-refractivity contribution in [1.82, 2.24) is 0 Å². The van der Waals surface area contributed by atoms with Crippen molar-refractivity contribution >= 4 is 0 Å². The number of phenols is 3. The van der Waals surface area contributed by atoms with Crippen LogP contribution in [0.25, 0.3) is 0 Å². The molecule has 0 aliphatic rings. The van der Waals surface area contributed by atoms with Crippen LogP contribution >= 0.6 is 0 Å². The van der Waals surface area contributed by atoms with Crippen LogP contribution in [-0.4, -0.2) is 15.3 Å². The predicted molar refractivity (Wildman–Crippen MR) is 30.2 cm³/mol. The number of rotatable bonds is 0. The quantitative estimate of drug-likeness (QED) is 0.371. The summed E-state index contributed by atoms with van der Waals surface area (Å²) in [5.41, 5.74) is 0. The summed E-state index contributed by atoms with van der Waals surface area (Å²) in [7, 11) is 0. The van der Waals surface area contributed by atoms with Gasteiger partial charge in [0.15, 0.2) is 17.2 Å². The normalized spacial score (nSPS) is 9.70. The fourth-order valence-electron chi connectivity index (χ4n) is 0.493. The van der Waals surface area contributed by atoms with Crippen molar-refractivity contribution in [1.29, 1.82) is 0 Å². The highest BCUT2D eigenvalue weighted by Gasteiger charge is 2.10. The van der Waals surface area contributed by atoms with Crippen molar-refractivity contribution < 1.29 is 19.7 Å². The van der Waals surface area contributed by atoms with Crippen LogP contribution in [0.3, 0.4) is 0 Å². The highest BCUT2D eigenvalue weighted by molar-refractivity contribution is 5.43. The van der Waals surface area contributed by atoms with E-state index < -0.39 is 23.1 Å². The largest absolute Gasteiger partial charge is 0.504 e. The molecule has 1 rings (SSSR count). The van der Waals surface area contributed by atoms with E-state index in [4.69, 9.17) is 15.3 Å². The van der Waals surface area contributed by atoms with Gasteiger partial charge < -0.3 is 15.3 Å². The molecule has 0 unspecified atom stereocenters. The Bertz CT molecular complexity index is 232. The van der Waals surface area contributed by atoms with Crippen LogP contribution in [0.5, 0.6) is 17.2 Å². The van der Waals surface area contributed by atoms with Gasteiger partial charge in [0.25, 0.3) is 0 Å². The number of benzene rings is 1. The summed E-state index contributed by atoms with van der Waals surface area (Å²) >= 11 is 0. The molecular formula is C6H4FO3. The van der Waals surface area contributed by atoms with Crippen molar-refractivity contribution in [3.8, 4) is 17.2 Å². The maximum absolute atomic E-state index is 12.3. The van der Waals surface area contributed by atoms with Crippen LogP contribution in [0.2, 0.25) is 0 Å². The number of aromatic hydroxyl groups is 3. The molecule has 3 nitrogen and oxygen atoms in total. The zero-order valence-corrected chi connectivity index (χ0v) is 4.80. The van der Waals surface area contributed by atoms with Gasteiger partial charge in [-0.1, -0.05) is 0 Å². The first-order chi connectivity index (χ1) is 4.63. The van der Waals surface area contributed by atoms with Crippen LogP contribution in [-0.2, 0) is 0 Å². The fraction of sp³-hybridized carbons (Fsp3) is 0. The van der Waals surface area contributed by atoms with Gasteiger partial charge in [0.1, 0.15) is 0 Å². The molecule has 0 saturated carbocycles. The third kappa shape index (κ3) is 0.834. The summed E-state index contributed by atoms with van der Waals surface area (Å²) < 4.78 is 12.3. The second-order valence-corrected chi connectivity index (χ2v) is 1.69.